The van der Waals surface area contributed by atoms with Gasteiger partial charge in [0.1, 0.15) is 0 Å². The van der Waals surface area contributed by atoms with Crippen LogP contribution >= 0.6 is 0 Å². The highest BCUT2D eigenvalue weighted by Gasteiger charge is 2.16. The molecule has 4 rings (SSSR count). The first-order chi connectivity index (χ1) is 16.0. The summed E-state index contributed by atoms with van der Waals surface area (Å²) in [7, 11) is 0. The quantitative estimate of drug-likeness (QED) is 0.549. The van der Waals surface area contributed by atoms with Gasteiger partial charge in [0.05, 0.1) is 25.0 Å². The summed E-state index contributed by atoms with van der Waals surface area (Å²) in [6.07, 6.45) is 2.17. The average molecular weight is 450 g/mol. The molecule has 1 aromatic heterocycles. The summed E-state index contributed by atoms with van der Waals surface area (Å²) in [5, 5.41) is 5.36. The van der Waals surface area contributed by atoms with Gasteiger partial charge in [-0.25, -0.2) is 4.79 Å². The van der Waals surface area contributed by atoms with Gasteiger partial charge in [0.15, 0.2) is 23.9 Å². The zero-order valence-corrected chi connectivity index (χ0v) is 17.9. The predicted octanol–water partition coefficient (Wildman–Crippen LogP) is 3.80. The molecule has 2 heterocycles. The fourth-order valence-electron chi connectivity index (χ4n) is 3.13. The maximum absolute atomic E-state index is 12.4. The molecule has 2 N–H and O–H groups in total. The molecule has 2 aromatic carbocycles. The smallest absolute Gasteiger partial charge is 0.338 e. The number of esters is 1. The number of hydrogen-bond donors (Lipinski definition) is 2. The van der Waals surface area contributed by atoms with Crippen LogP contribution in [0, 0.1) is 6.92 Å². The van der Waals surface area contributed by atoms with E-state index in [1.54, 1.807) is 43.3 Å². The largest absolute Gasteiger partial charge is 0.490 e. The Bertz CT molecular complexity index is 1170. The van der Waals surface area contributed by atoms with Crippen molar-refractivity contribution in [2.75, 3.05) is 30.5 Å². The second kappa shape index (κ2) is 9.90. The summed E-state index contributed by atoms with van der Waals surface area (Å²) < 4.78 is 21.4. The molecule has 0 saturated heterocycles. The molecule has 0 saturated carbocycles. The predicted molar refractivity (Wildman–Crippen MR) is 119 cm³/mol. The zero-order chi connectivity index (χ0) is 23.2. The first-order valence-corrected chi connectivity index (χ1v) is 10.3. The van der Waals surface area contributed by atoms with E-state index in [0.29, 0.717) is 36.1 Å². The fraction of sp³-hybridized carbons (Fsp3) is 0.208. The Morgan fingerprint density at radius 3 is 2.58 bits per heavy atom. The molecule has 0 spiro atoms. The van der Waals surface area contributed by atoms with Crippen LogP contribution in [0.25, 0.3) is 0 Å². The topological polar surface area (TPSA) is 116 Å². The van der Waals surface area contributed by atoms with Crippen molar-refractivity contribution in [3.63, 3.8) is 0 Å². The first-order valence-electron chi connectivity index (χ1n) is 10.3. The highest BCUT2D eigenvalue weighted by Crippen LogP contribution is 2.32. The van der Waals surface area contributed by atoms with Crippen LogP contribution in [0.2, 0.25) is 0 Å². The van der Waals surface area contributed by atoms with Gasteiger partial charge in [-0.2, -0.15) is 0 Å². The third-order valence-corrected chi connectivity index (χ3v) is 4.83. The van der Waals surface area contributed by atoms with Crippen molar-refractivity contribution in [2.45, 2.75) is 13.3 Å². The fourth-order valence-corrected chi connectivity index (χ4v) is 3.13. The lowest BCUT2D eigenvalue weighted by molar-refractivity contribution is -0.119. The van der Waals surface area contributed by atoms with Gasteiger partial charge in [-0.1, -0.05) is 6.07 Å². The molecule has 0 bridgehead atoms. The minimum Gasteiger partial charge on any atom is -0.490 e. The summed E-state index contributed by atoms with van der Waals surface area (Å²) in [4.78, 5) is 36.9. The number of nitrogens with one attached hydrogen (secondary N) is 2. The molecule has 1 aliphatic rings. The van der Waals surface area contributed by atoms with E-state index >= 15 is 0 Å². The number of carbonyl (C=O) groups excluding carboxylic acids is 3. The molecule has 0 unspecified atom stereocenters. The van der Waals surface area contributed by atoms with E-state index in [4.69, 9.17) is 18.6 Å². The number of amides is 2. The molecular formula is C24H22N2O7. The molecule has 0 radical (unpaired) electrons. The molecule has 0 fully saturated rings. The van der Waals surface area contributed by atoms with Crippen molar-refractivity contribution in [3.8, 4) is 11.5 Å². The number of anilines is 2. The Kier molecular flexibility index (Phi) is 6.58. The molecule has 3 aromatic rings. The standard InChI is InChI=1S/C24H22N2O7/c1-15-5-6-16(12-18(15)26-23(28)20-4-2-9-31-20)24(29)33-14-22(27)25-17-7-8-19-21(13-17)32-11-3-10-30-19/h2,4-9,12-13H,3,10-11,14H2,1H3,(H,25,27)(H,26,28). The number of benzene rings is 2. The Balaban J connectivity index is 1.34. The van der Waals surface area contributed by atoms with Crippen molar-refractivity contribution < 1.29 is 33.0 Å². The monoisotopic (exact) mass is 450 g/mol. The van der Waals surface area contributed by atoms with Gasteiger partial charge in [-0.3, -0.25) is 9.59 Å². The molecule has 33 heavy (non-hydrogen) atoms. The van der Waals surface area contributed by atoms with Crippen LogP contribution in [-0.4, -0.2) is 37.6 Å². The van der Waals surface area contributed by atoms with Crippen LogP contribution in [0.4, 0.5) is 11.4 Å². The Morgan fingerprint density at radius 1 is 0.970 bits per heavy atom. The highest BCUT2D eigenvalue weighted by molar-refractivity contribution is 6.03. The van der Waals surface area contributed by atoms with Gasteiger partial charge in [0.2, 0.25) is 0 Å². The van der Waals surface area contributed by atoms with Crippen molar-refractivity contribution in [1.29, 1.82) is 0 Å². The molecule has 0 atom stereocenters. The summed E-state index contributed by atoms with van der Waals surface area (Å²) in [6, 6.07) is 12.9. The second-order valence-electron chi connectivity index (χ2n) is 7.30. The normalized spacial score (nSPS) is 12.4. The summed E-state index contributed by atoms with van der Waals surface area (Å²) in [5.74, 6) is -0.331. The lowest BCUT2D eigenvalue weighted by Gasteiger charge is -2.11. The number of rotatable bonds is 6. The molecule has 9 heteroatoms. The zero-order valence-electron chi connectivity index (χ0n) is 17.9. The minimum atomic E-state index is -0.697. The SMILES string of the molecule is Cc1ccc(C(=O)OCC(=O)Nc2ccc3c(c2)OCCCO3)cc1NC(=O)c1ccco1. The Hall–Kier alpha value is -4.27. The van der Waals surface area contributed by atoms with Gasteiger partial charge in [-0.15, -0.1) is 0 Å². The molecular weight excluding hydrogens is 428 g/mol. The molecule has 2 amide bonds. The van der Waals surface area contributed by atoms with Crippen LogP contribution in [0.3, 0.4) is 0 Å². The van der Waals surface area contributed by atoms with Crippen LogP contribution in [0.15, 0.2) is 59.2 Å². The maximum Gasteiger partial charge on any atom is 0.338 e. The van der Waals surface area contributed by atoms with Gasteiger partial charge in [0, 0.05) is 23.9 Å². The van der Waals surface area contributed by atoms with Crippen LogP contribution < -0.4 is 20.1 Å². The Morgan fingerprint density at radius 2 is 1.79 bits per heavy atom. The lowest BCUT2D eigenvalue weighted by Crippen LogP contribution is -2.21. The molecule has 0 aliphatic carbocycles. The van der Waals surface area contributed by atoms with E-state index < -0.39 is 24.4 Å². The minimum absolute atomic E-state index is 0.147. The third-order valence-electron chi connectivity index (χ3n) is 4.83. The van der Waals surface area contributed by atoms with Crippen LogP contribution in [0.5, 0.6) is 11.5 Å². The van der Waals surface area contributed by atoms with E-state index in [9.17, 15) is 14.4 Å². The van der Waals surface area contributed by atoms with E-state index in [1.807, 2.05) is 0 Å². The third kappa shape index (κ3) is 5.51. The van der Waals surface area contributed by atoms with E-state index in [2.05, 4.69) is 10.6 Å². The van der Waals surface area contributed by atoms with Crippen molar-refractivity contribution in [1.82, 2.24) is 0 Å². The Labute approximate surface area is 189 Å². The van der Waals surface area contributed by atoms with Gasteiger partial charge in [-0.05, 0) is 48.9 Å². The first kappa shape index (κ1) is 21.9. The maximum atomic E-state index is 12.4. The number of fused-ring (bicyclic) bond motifs is 1. The van der Waals surface area contributed by atoms with E-state index in [0.717, 1.165) is 12.0 Å². The highest BCUT2D eigenvalue weighted by atomic mass is 16.5. The van der Waals surface area contributed by atoms with Gasteiger partial charge >= 0.3 is 5.97 Å². The van der Waals surface area contributed by atoms with Crippen molar-refractivity contribution in [2.24, 2.45) is 0 Å². The van der Waals surface area contributed by atoms with Crippen LogP contribution in [0.1, 0.15) is 32.9 Å². The molecule has 1 aliphatic heterocycles. The van der Waals surface area contributed by atoms with Gasteiger partial charge in [0.25, 0.3) is 11.8 Å². The lowest BCUT2D eigenvalue weighted by atomic mass is 10.1. The number of aryl methyl sites for hydroxylation is 1. The number of furan rings is 1. The molecule has 9 nitrogen and oxygen atoms in total. The number of ether oxygens (including phenoxy) is 3. The van der Waals surface area contributed by atoms with Crippen molar-refractivity contribution in [3.05, 3.63) is 71.7 Å². The van der Waals surface area contributed by atoms with Crippen LogP contribution in [-0.2, 0) is 9.53 Å². The summed E-state index contributed by atoms with van der Waals surface area (Å²) in [6.45, 7) is 2.41. The van der Waals surface area contributed by atoms with E-state index in [-0.39, 0.29) is 11.3 Å². The van der Waals surface area contributed by atoms with Crippen molar-refractivity contribution >= 4 is 29.2 Å². The molecule has 170 valence electrons. The number of carbonyl (C=O) groups is 3. The van der Waals surface area contributed by atoms with Gasteiger partial charge < -0.3 is 29.3 Å². The van der Waals surface area contributed by atoms with E-state index in [1.165, 1.54) is 18.4 Å². The number of hydrogen-bond acceptors (Lipinski definition) is 7. The summed E-state index contributed by atoms with van der Waals surface area (Å²) in [5.41, 5.74) is 1.87. The second-order valence-corrected chi connectivity index (χ2v) is 7.30. The average Bonchev–Trinajstić information content (AvgIpc) is 3.25. The summed E-state index contributed by atoms with van der Waals surface area (Å²) >= 11 is 0.